The smallest absolute Gasteiger partial charge is 0.0642 e. The summed E-state index contributed by atoms with van der Waals surface area (Å²) in [6, 6.07) is 8.61. The van der Waals surface area contributed by atoms with Crippen LogP contribution in [0.25, 0.3) is 0 Å². The summed E-state index contributed by atoms with van der Waals surface area (Å²) in [6.45, 7) is 6.10. The maximum absolute atomic E-state index is 9.11. The molecule has 0 radical (unpaired) electrons. The Hall–Kier alpha value is -1.14. The van der Waals surface area contributed by atoms with Crippen molar-refractivity contribution in [2.24, 2.45) is 0 Å². The number of anilines is 1. The Kier molecular flexibility index (Phi) is 6.95. The molecule has 5 heteroatoms. The first kappa shape index (κ1) is 16.2. The average molecular weight is 294 g/mol. The molecule has 0 atom stereocenters. The van der Waals surface area contributed by atoms with E-state index < -0.39 is 0 Å². The number of benzene rings is 1. The van der Waals surface area contributed by atoms with Crippen LogP contribution >= 0.6 is 0 Å². The van der Waals surface area contributed by atoms with Gasteiger partial charge in [0, 0.05) is 45.0 Å². The first-order chi connectivity index (χ1) is 10.3. The van der Waals surface area contributed by atoms with Gasteiger partial charge >= 0.3 is 0 Å². The zero-order valence-corrected chi connectivity index (χ0v) is 12.6. The van der Waals surface area contributed by atoms with E-state index >= 15 is 0 Å². The molecule has 1 aromatic carbocycles. The standard InChI is InChI=1S/C16H26N2O3/c19-10-1-6-17(7-11-20)14-15-2-4-16(5-3-15)18-8-12-21-13-9-18/h2-5,19-20H,1,6-14H2. The molecule has 1 aliphatic heterocycles. The minimum Gasteiger partial charge on any atom is -0.396 e. The van der Waals surface area contributed by atoms with Crippen molar-refractivity contribution in [1.29, 1.82) is 0 Å². The van der Waals surface area contributed by atoms with E-state index in [4.69, 9.17) is 14.9 Å². The topological polar surface area (TPSA) is 56.2 Å². The number of rotatable bonds is 8. The van der Waals surface area contributed by atoms with E-state index in [2.05, 4.69) is 34.1 Å². The number of morpholine rings is 1. The molecule has 0 spiro atoms. The van der Waals surface area contributed by atoms with Crippen molar-refractivity contribution >= 4 is 5.69 Å². The molecule has 0 aromatic heterocycles. The molecule has 1 fully saturated rings. The Morgan fingerprint density at radius 1 is 1.00 bits per heavy atom. The highest BCUT2D eigenvalue weighted by atomic mass is 16.5. The van der Waals surface area contributed by atoms with E-state index in [1.807, 2.05) is 0 Å². The van der Waals surface area contributed by atoms with Gasteiger partial charge in [-0.3, -0.25) is 4.90 Å². The summed E-state index contributed by atoms with van der Waals surface area (Å²) in [7, 11) is 0. The van der Waals surface area contributed by atoms with Crippen LogP contribution in [0.4, 0.5) is 5.69 Å². The molecule has 118 valence electrons. The zero-order chi connectivity index (χ0) is 14.9. The maximum atomic E-state index is 9.11. The second kappa shape index (κ2) is 9.00. The third-order valence-corrected chi connectivity index (χ3v) is 3.77. The van der Waals surface area contributed by atoms with Crippen molar-refractivity contribution in [1.82, 2.24) is 4.90 Å². The molecule has 1 aromatic rings. The van der Waals surface area contributed by atoms with Gasteiger partial charge in [-0.2, -0.15) is 0 Å². The molecule has 5 nitrogen and oxygen atoms in total. The fraction of sp³-hybridized carbons (Fsp3) is 0.625. The van der Waals surface area contributed by atoms with Crippen LogP contribution in [0, 0.1) is 0 Å². The molecule has 0 unspecified atom stereocenters. The Labute approximate surface area is 126 Å². The molecule has 1 aliphatic rings. The van der Waals surface area contributed by atoms with Crippen molar-refractivity contribution in [3.63, 3.8) is 0 Å². The highest BCUT2D eigenvalue weighted by molar-refractivity contribution is 5.47. The molecule has 0 aliphatic carbocycles. The number of hydrogen-bond donors (Lipinski definition) is 2. The fourth-order valence-electron chi connectivity index (χ4n) is 2.60. The van der Waals surface area contributed by atoms with Gasteiger partial charge in [0.25, 0.3) is 0 Å². The predicted molar refractivity (Wildman–Crippen MR) is 83.5 cm³/mol. The number of hydrogen-bond acceptors (Lipinski definition) is 5. The van der Waals surface area contributed by atoms with Gasteiger partial charge in [0.2, 0.25) is 0 Å². The molecule has 0 saturated carbocycles. The minimum atomic E-state index is 0.150. The third kappa shape index (κ3) is 5.28. The van der Waals surface area contributed by atoms with Gasteiger partial charge in [0.05, 0.1) is 19.8 Å². The fourth-order valence-corrected chi connectivity index (χ4v) is 2.60. The molecule has 0 bridgehead atoms. The Morgan fingerprint density at radius 2 is 1.71 bits per heavy atom. The average Bonchev–Trinajstić information content (AvgIpc) is 2.54. The van der Waals surface area contributed by atoms with E-state index in [1.54, 1.807) is 0 Å². The predicted octanol–water partition coefficient (Wildman–Crippen LogP) is 0.700. The summed E-state index contributed by atoms with van der Waals surface area (Å²) in [4.78, 5) is 4.50. The van der Waals surface area contributed by atoms with Crippen molar-refractivity contribution < 1.29 is 14.9 Å². The maximum Gasteiger partial charge on any atom is 0.0642 e. The lowest BCUT2D eigenvalue weighted by Gasteiger charge is -2.29. The van der Waals surface area contributed by atoms with Gasteiger partial charge in [-0.05, 0) is 24.1 Å². The molecule has 21 heavy (non-hydrogen) atoms. The molecule has 0 amide bonds. The van der Waals surface area contributed by atoms with Gasteiger partial charge in [-0.1, -0.05) is 12.1 Å². The van der Waals surface area contributed by atoms with Gasteiger partial charge in [0.15, 0.2) is 0 Å². The van der Waals surface area contributed by atoms with Crippen LogP contribution < -0.4 is 4.90 Å². The van der Waals surface area contributed by atoms with Crippen LogP contribution in [0.15, 0.2) is 24.3 Å². The minimum absolute atomic E-state index is 0.150. The van der Waals surface area contributed by atoms with Crippen LogP contribution in [0.1, 0.15) is 12.0 Å². The third-order valence-electron chi connectivity index (χ3n) is 3.77. The second-order valence-electron chi connectivity index (χ2n) is 5.34. The van der Waals surface area contributed by atoms with Crippen molar-refractivity contribution in [3.8, 4) is 0 Å². The second-order valence-corrected chi connectivity index (χ2v) is 5.34. The molecule has 2 rings (SSSR count). The molecule has 1 heterocycles. The van der Waals surface area contributed by atoms with Crippen LogP contribution in [-0.2, 0) is 11.3 Å². The van der Waals surface area contributed by atoms with E-state index in [-0.39, 0.29) is 13.2 Å². The quantitative estimate of drug-likeness (QED) is 0.739. The lowest BCUT2D eigenvalue weighted by molar-refractivity contribution is 0.122. The highest BCUT2D eigenvalue weighted by Gasteiger charge is 2.11. The largest absolute Gasteiger partial charge is 0.396 e. The number of ether oxygens (including phenoxy) is 1. The number of aliphatic hydroxyl groups excluding tert-OH is 2. The molecule has 2 N–H and O–H groups in total. The lowest BCUT2D eigenvalue weighted by Crippen LogP contribution is -2.36. The number of nitrogens with zero attached hydrogens (tertiary/aromatic N) is 2. The van der Waals surface area contributed by atoms with Gasteiger partial charge in [-0.15, -0.1) is 0 Å². The first-order valence-electron chi connectivity index (χ1n) is 7.69. The van der Waals surface area contributed by atoms with Crippen molar-refractivity contribution in [3.05, 3.63) is 29.8 Å². The van der Waals surface area contributed by atoms with Gasteiger partial charge in [-0.25, -0.2) is 0 Å². The monoisotopic (exact) mass is 294 g/mol. The van der Waals surface area contributed by atoms with Crippen molar-refractivity contribution in [2.75, 3.05) is 57.5 Å². The van der Waals surface area contributed by atoms with E-state index in [1.165, 1.54) is 11.3 Å². The van der Waals surface area contributed by atoms with Crippen LogP contribution in [-0.4, -0.2) is 67.7 Å². The normalized spacial score (nSPS) is 15.7. The summed E-state index contributed by atoms with van der Waals surface area (Å²) >= 11 is 0. The SMILES string of the molecule is OCCCN(CCO)Cc1ccc(N2CCOCC2)cc1. The summed E-state index contributed by atoms with van der Waals surface area (Å²) in [6.07, 6.45) is 0.742. The zero-order valence-electron chi connectivity index (χ0n) is 12.6. The Morgan fingerprint density at radius 3 is 2.33 bits per heavy atom. The lowest BCUT2D eigenvalue weighted by atomic mass is 10.1. The van der Waals surface area contributed by atoms with Crippen LogP contribution in [0.5, 0.6) is 0 Å². The summed E-state index contributed by atoms with van der Waals surface area (Å²) < 4.78 is 5.37. The van der Waals surface area contributed by atoms with E-state index in [0.717, 1.165) is 45.8 Å². The van der Waals surface area contributed by atoms with Crippen molar-refractivity contribution in [2.45, 2.75) is 13.0 Å². The molecular weight excluding hydrogens is 268 g/mol. The van der Waals surface area contributed by atoms with Crippen LogP contribution in [0.3, 0.4) is 0 Å². The van der Waals surface area contributed by atoms with Crippen LogP contribution in [0.2, 0.25) is 0 Å². The van der Waals surface area contributed by atoms with Gasteiger partial charge < -0.3 is 19.8 Å². The Bertz CT molecular complexity index is 391. The number of aliphatic hydroxyl groups is 2. The van der Waals surface area contributed by atoms with E-state index in [0.29, 0.717) is 6.54 Å². The summed E-state index contributed by atoms with van der Waals surface area (Å²) in [5.74, 6) is 0. The van der Waals surface area contributed by atoms with Gasteiger partial charge in [0.1, 0.15) is 0 Å². The highest BCUT2D eigenvalue weighted by Crippen LogP contribution is 2.17. The summed E-state index contributed by atoms with van der Waals surface area (Å²) in [5.41, 5.74) is 2.48. The van der Waals surface area contributed by atoms with E-state index in [9.17, 15) is 0 Å². The summed E-state index contributed by atoms with van der Waals surface area (Å²) in [5, 5.41) is 18.0. The molecular formula is C16H26N2O3. The molecule has 1 saturated heterocycles. The Balaban J connectivity index is 1.90. The first-order valence-corrected chi connectivity index (χ1v) is 7.69.